The second kappa shape index (κ2) is 4.55. The Morgan fingerprint density at radius 1 is 1.67 bits per heavy atom. The number of hydrogen-bond donors (Lipinski definition) is 2. The molecular formula is C10H15N3O2. The van der Waals surface area contributed by atoms with Crippen LogP contribution in [0.5, 0.6) is 0 Å². The molecule has 5 heteroatoms. The maximum absolute atomic E-state index is 11.3. The Morgan fingerprint density at radius 2 is 2.53 bits per heavy atom. The van der Waals surface area contributed by atoms with Crippen molar-refractivity contribution in [2.75, 3.05) is 19.8 Å². The number of nitrogens with one attached hydrogen (secondary N) is 2. The van der Waals surface area contributed by atoms with Gasteiger partial charge in [0.2, 0.25) is 0 Å². The second-order valence-electron chi connectivity index (χ2n) is 3.73. The third kappa shape index (κ3) is 2.43. The molecule has 1 aliphatic heterocycles. The van der Waals surface area contributed by atoms with Gasteiger partial charge in [-0.15, -0.1) is 0 Å². The van der Waals surface area contributed by atoms with E-state index in [2.05, 4.69) is 15.3 Å². The van der Waals surface area contributed by atoms with E-state index >= 15 is 0 Å². The molecule has 0 bridgehead atoms. The van der Waals surface area contributed by atoms with E-state index in [9.17, 15) is 4.79 Å². The van der Waals surface area contributed by atoms with Crippen LogP contribution in [0.4, 0.5) is 0 Å². The van der Waals surface area contributed by atoms with E-state index < -0.39 is 0 Å². The Morgan fingerprint density at radius 3 is 3.27 bits per heavy atom. The number of morpholine rings is 1. The average Bonchev–Trinajstić information content (AvgIpc) is 2.26. The molecule has 0 amide bonds. The molecule has 1 fully saturated rings. The zero-order valence-corrected chi connectivity index (χ0v) is 8.75. The molecule has 0 saturated carbocycles. The van der Waals surface area contributed by atoms with Crippen LogP contribution in [0.2, 0.25) is 0 Å². The highest BCUT2D eigenvalue weighted by Gasteiger charge is 2.15. The van der Waals surface area contributed by atoms with Gasteiger partial charge in [-0.1, -0.05) is 0 Å². The number of aromatic amines is 1. The maximum atomic E-state index is 11.3. The molecule has 1 aromatic rings. The minimum atomic E-state index is -0.0586. The van der Waals surface area contributed by atoms with E-state index in [0.717, 1.165) is 25.3 Å². The van der Waals surface area contributed by atoms with Crippen LogP contribution in [0.3, 0.4) is 0 Å². The summed E-state index contributed by atoms with van der Waals surface area (Å²) < 4.78 is 5.35. The summed E-state index contributed by atoms with van der Waals surface area (Å²) in [6, 6.07) is 0.270. The first kappa shape index (κ1) is 10.3. The van der Waals surface area contributed by atoms with Crippen molar-refractivity contribution in [2.24, 2.45) is 0 Å². The van der Waals surface area contributed by atoms with Crippen LogP contribution < -0.4 is 10.9 Å². The molecule has 0 spiro atoms. The first-order chi connectivity index (χ1) is 7.27. The smallest absolute Gasteiger partial charge is 0.253 e. The Hall–Kier alpha value is -1.20. The Kier molecular flexibility index (Phi) is 3.13. The molecule has 0 aromatic carbocycles. The summed E-state index contributed by atoms with van der Waals surface area (Å²) in [4.78, 5) is 18.1. The summed E-state index contributed by atoms with van der Waals surface area (Å²) in [5.41, 5.74) is 1.49. The molecule has 1 atom stereocenters. The number of aromatic nitrogens is 2. The van der Waals surface area contributed by atoms with Gasteiger partial charge in [-0.2, -0.15) is 0 Å². The van der Waals surface area contributed by atoms with Crippen LogP contribution in [0.1, 0.15) is 11.3 Å². The zero-order chi connectivity index (χ0) is 10.7. The third-order valence-corrected chi connectivity index (χ3v) is 2.63. The fourth-order valence-electron chi connectivity index (χ4n) is 1.69. The first-order valence-corrected chi connectivity index (χ1v) is 5.11. The monoisotopic (exact) mass is 209 g/mol. The van der Waals surface area contributed by atoms with Crippen molar-refractivity contribution in [1.82, 2.24) is 15.3 Å². The molecule has 2 rings (SSSR count). The zero-order valence-electron chi connectivity index (χ0n) is 8.75. The van der Waals surface area contributed by atoms with Gasteiger partial charge < -0.3 is 15.0 Å². The lowest BCUT2D eigenvalue weighted by Crippen LogP contribution is -2.43. The molecule has 1 aromatic heterocycles. The van der Waals surface area contributed by atoms with Gasteiger partial charge in [0.25, 0.3) is 5.56 Å². The molecule has 1 unspecified atom stereocenters. The Labute approximate surface area is 87.9 Å². The minimum absolute atomic E-state index is 0.0586. The van der Waals surface area contributed by atoms with Crippen molar-refractivity contribution in [3.63, 3.8) is 0 Å². The summed E-state index contributed by atoms with van der Waals surface area (Å²) in [6.07, 6.45) is 2.20. The molecule has 1 aliphatic rings. The topological polar surface area (TPSA) is 67.0 Å². The number of ether oxygens (including phenoxy) is 1. The van der Waals surface area contributed by atoms with Gasteiger partial charge in [-0.3, -0.25) is 4.79 Å². The quantitative estimate of drug-likeness (QED) is 0.696. The van der Waals surface area contributed by atoms with Gasteiger partial charge in [0, 0.05) is 24.6 Å². The van der Waals surface area contributed by atoms with E-state index in [1.807, 2.05) is 0 Å². The van der Waals surface area contributed by atoms with Crippen LogP contribution in [-0.2, 0) is 11.2 Å². The van der Waals surface area contributed by atoms with E-state index in [0.29, 0.717) is 12.2 Å². The summed E-state index contributed by atoms with van der Waals surface area (Å²) in [7, 11) is 0. The third-order valence-electron chi connectivity index (χ3n) is 2.63. The molecule has 0 aliphatic carbocycles. The fourth-order valence-corrected chi connectivity index (χ4v) is 1.69. The Balaban J connectivity index is 2.09. The van der Waals surface area contributed by atoms with Crippen molar-refractivity contribution in [2.45, 2.75) is 19.4 Å². The number of H-pyrrole nitrogens is 1. The predicted molar refractivity (Wildman–Crippen MR) is 55.9 cm³/mol. The lowest BCUT2D eigenvalue weighted by molar-refractivity contribution is 0.0766. The summed E-state index contributed by atoms with van der Waals surface area (Å²) in [6.45, 7) is 4.12. The first-order valence-electron chi connectivity index (χ1n) is 5.11. The van der Waals surface area contributed by atoms with Crippen molar-refractivity contribution in [3.8, 4) is 0 Å². The van der Waals surface area contributed by atoms with E-state index in [4.69, 9.17) is 4.74 Å². The van der Waals surface area contributed by atoms with E-state index in [1.165, 1.54) is 6.33 Å². The fraction of sp³-hybridized carbons (Fsp3) is 0.600. The second-order valence-corrected chi connectivity index (χ2v) is 3.73. The summed E-state index contributed by atoms with van der Waals surface area (Å²) >= 11 is 0. The lowest BCUT2D eigenvalue weighted by atomic mass is 10.1. The molecule has 1 saturated heterocycles. The van der Waals surface area contributed by atoms with E-state index in [-0.39, 0.29) is 11.6 Å². The van der Waals surface area contributed by atoms with Crippen molar-refractivity contribution < 1.29 is 4.74 Å². The number of hydrogen-bond acceptors (Lipinski definition) is 4. The number of rotatable bonds is 2. The average molecular weight is 209 g/mol. The van der Waals surface area contributed by atoms with Gasteiger partial charge in [0.1, 0.15) is 0 Å². The van der Waals surface area contributed by atoms with Gasteiger partial charge >= 0.3 is 0 Å². The van der Waals surface area contributed by atoms with Gasteiger partial charge in [-0.25, -0.2) is 4.98 Å². The van der Waals surface area contributed by atoms with Gasteiger partial charge in [-0.05, 0) is 6.92 Å². The maximum Gasteiger partial charge on any atom is 0.253 e. The highest BCUT2D eigenvalue weighted by Crippen LogP contribution is 2.04. The molecule has 15 heavy (non-hydrogen) atoms. The van der Waals surface area contributed by atoms with Crippen LogP contribution in [-0.4, -0.2) is 35.8 Å². The van der Waals surface area contributed by atoms with E-state index in [1.54, 1.807) is 6.92 Å². The molecule has 5 nitrogen and oxygen atoms in total. The SMILES string of the molecule is Cc1c(CC2COCCN2)nc[nH]c1=O. The van der Waals surface area contributed by atoms with Gasteiger partial charge in [0.05, 0.1) is 25.2 Å². The molecule has 2 N–H and O–H groups in total. The largest absolute Gasteiger partial charge is 0.379 e. The van der Waals surface area contributed by atoms with Crippen molar-refractivity contribution in [1.29, 1.82) is 0 Å². The standard InChI is InChI=1S/C10H15N3O2/c1-7-9(12-6-13-10(7)14)4-8-5-15-3-2-11-8/h6,8,11H,2-5H2,1H3,(H,12,13,14). The lowest BCUT2D eigenvalue weighted by Gasteiger charge is -2.23. The minimum Gasteiger partial charge on any atom is -0.379 e. The van der Waals surface area contributed by atoms with Gasteiger partial charge in [0.15, 0.2) is 0 Å². The van der Waals surface area contributed by atoms with Crippen LogP contribution in [0.25, 0.3) is 0 Å². The normalized spacial score (nSPS) is 21.5. The Bertz CT molecular complexity index is 382. The molecule has 2 heterocycles. The van der Waals surface area contributed by atoms with Crippen LogP contribution >= 0.6 is 0 Å². The highest BCUT2D eigenvalue weighted by molar-refractivity contribution is 5.15. The van der Waals surface area contributed by atoms with Crippen molar-refractivity contribution >= 4 is 0 Å². The molecule has 0 radical (unpaired) electrons. The predicted octanol–water partition coefficient (Wildman–Crippen LogP) is -0.391. The molecular weight excluding hydrogens is 194 g/mol. The highest BCUT2D eigenvalue weighted by atomic mass is 16.5. The van der Waals surface area contributed by atoms with Crippen molar-refractivity contribution in [3.05, 3.63) is 27.9 Å². The number of nitrogens with zero attached hydrogens (tertiary/aromatic N) is 1. The van der Waals surface area contributed by atoms with Crippen LogP contribution in [0, 0.1) is 6.92 Å². The summed E-state index contributed by atoms with van der Waals surface area (Å²) in [5.74, 6) is 0. The van der Waals surface area contributed by atoms with Crippen LogP contribution in [0.15, 0.2) is 11.1 Å². The molecule has 82 valence electrons. The summed E-state index contributed by atoms with van der Waals surface area (Å²) in [5, 5.41) is 3.34.